The van der Waals surface area contributed by atoms with Gasteiger partial charge >= 0.3 is 0 Å². The van der Waals surface area contributed by atoms with E-state index >= 15 is 0 Å². The van der Waals surface area contributed by atoms with E-state index in [4.69, 9.17) is 9.26 Å². The van der Waals surface area contributed by atoms with E-state index in [-0.39, 0.29) is 19.1 Å². The SMILES string of the molecule is COCC(=O)N(C)Cc1nc(-c2ccccc2C)no1. The second-order valence-corrected chi connectivity index (χ2v) is 4.51. The summed E-state index contributed by atoms with van der Waals surface area (Å²) in [4.78, 5) is 17.4. The van der Waals surface area contributed by atoms with Crippen LogP contribution in [-0.4, -0.2) is 41.7 Å². The van der Waals surface area contributed by atoms with Gasteiger partial charge in [0.15, 0.2) is 0 Å². The summed E-state index contributed by atoms with van der Waals surface area (Å²) >= 11 is 0. The minimum absolute atomic E-state index is 0.0370. The molecule has 0 spiro atoms. The van der Waals surface area contributed by atoms with Gasteiger partial charge in [0.1, 0.15) is 6.61 Å². The molecule has 1 aromatic heterocycles. The maximum Gasteiger partial charge on any atom is 0.248 e. The molecular formula is C14H17N3O3. The lowest BCUT2D eigenvalue weighted by Gasteiger charge is -2.13. The molecule has 0 aliphatic rings. The summed E-state index contributed by atoms with van der Waals surface area (Å²) in [5, 5.41) is 3.95. The van der Waals surface area contributed by atoms with Crippen molar-refractivity contribution < 1.29 is 14.1 Å². The van der Waals surface area contributed by atoms with Gasteiger partial charge < -0.3 is 14.2 Å². The number of ether oxygens (including phenoxy) is 1. The van der Waals surface area contributed by atoms with Crippen LogP contribution in [0.25, 0.3) is 11.4 Å². The first-order valence-electron chi connectivity index (χ1n) is 6.23. The molecule has 106 valence electrons. The molecule has 1 amide bonds. The second kappa shape index (κ2) is 6.29. The smallest absolute Gasteiger partial charge is 0.248 e. The number of likely N-dealkylation sites (N-methyl/N-ethyl adjacent to an activating group) is 1. The number of hydrogen-bond donors (Lipinski definition) is 0. The summed E-state index contributed by atoms with van der Waals surface area (Å²) < 4.78 is 9.97. The molecule has 0 bridgehead atoms. The Bertz CT molecular complexity index is 595. The highest BCUT2D eigenvalue weighted by molar-refractivity contribution is 5.77. The number of amides is 1. The molecule has 0 unspecified atom stereocenters. The molecule has 20 heavy (non-hydrogen) atoms. The number of carbonyl (C=O) groups excluding carboxylic acids is 1. The number of rotatable bonds is 5. The Hall–Kier alpha value is -2.21. The number of carbonyl (C=O) groups is 1. The number of aromatic nitrogens is 2. The van der Waals surface area contributed by atoms with Crippen molar-refractivity contribution in [2.45, 2.75) is 13.5 Å². The molecule has 0 saturated carbocycles. The third kappa shape index (κ3) is 3.21. The summed E-state index contributed by atoms with van der Waals surface area (Å²) in [5.41, 5.74) is 2.00. The lowest BCUT2D eigenvalue weighted by Crippen LogP contribution is -2.29. The fourth-order valence-corrected chi connectivity index (χ4v) is 1.78. The molecular weight excluding hydrogens is 258 g/mol. The van der Waals surface area contributed by atoms with Gasteiger partial charge in [0.25, 0.3) is 0 Å². The van der Waals surface area contributed by atoms with Crippen molar-refractivity contribution in [3.8, 4) is 11.4 Å². The maximum absolute atomic E-state index is 11.6. The van der Waals surface area contributed by atoms with Crippen LogP contribution in [0.1, 0.15) is 11.5 Å². The van der Waals surface area contributed by atoms with Crippen LogP contribution in [0.15, 0.2) is 28.8 Å². The van der Waals surface area contributed by atoms with Gasteiger partial charge in [0.05, 0.1) is 6.54 Å². The standard InChI is InChI=1S/C14H17N3O3/c1-10-6-4-5-7-11(10)14-15-12(20-16-14)8-17(2)13(18)9-19-3/h4-7H,8-9H2,1-3H3. The number of aryl methyl sites for hydroxylation is 1. The topological polar surface area (TPSA) is 68.5 Å². The summed E-state index contributed by atoms with van der Waals surface area (Å²) in [6, 6.07) is 7.80. The van der Waals surface area contributed by atoms with Crippen molar-refractivity contribution >= 4 is 5.91 Å². The highest BCUT2D eigenvalue weighted by Gasteiger charge is 2.15. The minimum atomic E-state index is -0.136. The molecule has 1 aromatic carbocycles. The highest BCUT2D eigenvalue weighted by Crippen LogP contribution is 2.19. The Kier molecular flexibility index (Phi) is 4.47. The van der Waals surface area contributed by atoms with E-state index in [9.17, 15) is 4.79 Å². The number of benzene rings is 1. The largest absolute Gasteiger partial charge is 0.375 e. The Morgan fingerprint density at radius 1 is 1.40 bits per heavy atom. The number of nitrogens with zero attached hydrogens (tertiary/aromatic N) is 3. The fraction of sp³-hybridized carbons (Fsp3) is 0.357. The molecule has 0 fully saturated rings. The van der Waals surface area contributed by atoms with Crippen LogP contribution in [0, 0.1) is 6.92 Å². The zero-order valence-corrected chi connectivity index (χ0v) is 11.8. The van der Waals surface area contributed by atoms with Gasteiger partial charge in [-0.2, -0.15) is 4.98 Å². The van der Waals surface area contributed by atoms with E-state index in [1.807, 2.05) is 31.2 Å². The van der Waals surface area contributed by atoms with E-state index in [2.05, 4.69) is 10.1 Å². The molecule has 2 rings (SSSR count). The van der Waals surface area contributed by atoms with E-state index in [1.54, 1.807) is 7.05 Å². The van der Waals surface area contributed by atoms with E-state index in [0.717, 1.165) is 11.1 Å². The Morgan fingerprint density at radius 2 is 2.15 bits per heavy atom. The van der Waals surface area contributed by atoms with E-state index in [1.165, 1.54) is 12.0 Å². The van der Waals surface area contributed by atoms with Crippen LogP contribution in [0.5, 0.6) is 0 Å². The molecule has 0 aliphatic heterocycles. The predicted molar refractivity (Wildman–Crippen MR) is 72.8 cm³/mol. The van der Waals surface area contributed by atoms with E-state index < -0.39 is 0 Å². The van der Waals surface area contributed by atoms with E-state index in [0.29, 0.717) is 11.7 Å². The second-order valence-electron chi connectivity index (χ2n) is 4.51. The molecule has 0 atom stereocenters. The van der Waals surface area contributed by atoms with Crippen molar-refractivity contribution in [1.29, 1.82) is 0 Å². The number of methoxy groups -OCH3 is 1. The molecule has 0 N–H and O–H groups in total. The zero-order chi connectivity index (χ0) is 14.5. The van der Waals surface area contributed by atoms with Crippen molar-refractivity contribution in [3.05, 3.63) is 35.7 Å². The predicted octanol–water partition coefficient (Wildman–Crippen LogP) is 1.65. The van der Waals surface area contributed by atoms with Crippen LogP contribution < -0.4 is 0 Å². The minimum Gasteiger partial charge on any atom is -0.375 e. The van der Waals surface area contributed by atoms with Gasteiger partial charge in [-0.15, -0.1) is 0 Å². The average molecular weight is 275 g/mol. The highest BCUT2D eigenvalue weighted by atomic mass is 16.5. The lowest BCUT2D eigenvalue weighted by atomic mass is 10.1. The molecule has 2 aromatic rings. The molecule has 0 saturated heterocycles. The van der Waals surface area contributed by atoms with Gasteiger partial charge in [-0.25, -0.2) is 0 Å². The van der Waals surface area contributed by atoms with Crippen LogP contribution in [0.4, 0.5) is 0 Å². The van der Waals surface area contributed by atoms with Gasteiger partial charge in [0.2, 0.25) is 17.6 Å². The molecule has 0 radical (unpaired) electrons. The third-order valence-corrected chi connectivity index (χ3v) is 2.92. The third-order valence-electron chi connectivity index (χ3n) is 2.92. The van der Waals surface area contributed by atoms with Crippen LogP contribution in [0.2, 0.25) is 0 Å². The van der Waals surface area contributed by atoms with Gasteiger partial charge in [-0.05, 0) is 12.5 Å². The summed E-state index contributed by atoms with van der Waals surface area (Å²) in [6.45, 7) is 2.29. The fourth-order valence-electron chi connectivity index (χ4n) is 1.78. The molecule has 6 nitrogen and oxygen atoms in total. The van der Waals surface area contributed by atoms with Crippen molar-refractivity contribution in [1.82, 2.24) is 15.0 Å². The Balaban J connectivity index is 2.10. The van der Waals surface area contributed by atoms with Crippen LogP contribution in [0.3, 0.4) is 0 Å². The zero-order valence-electron chi connectivity index (χ0n) is 11.8. The quantitative estimate of drug-likeness (QED) is 0.830. The van der Waals surface area contributed by atoms with Crippen LogP contribution in [-0.2, 0) is 16.1 Å². The first-order valence-corrected chi connectivity index (χ1v) is 6.23. The van der Waals surface area contributed by atoms with Crippen molar-refractivity contribution in [2.75, 3.05) is 20.8 Å². The van der Waals surface area contributed by atoms with Crippen molar-refractivity contribution in [2.24, 2.45) is 0 Å². The summed E-state index contributed by atoms with van der Waals surface area (Å²) in [6.07, 6.45) is 0. The van der Waals surface area contributed by atoms with Gasteiger partial charge in [-0.1, -0.05) is 29.4 Å². The Morgan fingerprint density at radius 3 is 2.85 bits per heavy atom. The van der Waals surface area contributed by atoms with Crippen molar-refractivity contribution in [3.63, 3.8) is 0 Å². The first kappa shape index (κ1) is 14.2. The normalized spacial score (nSPS) is 10.6. The summed E-state index contributed by atoms with van der Waals surface area (Å²) in [7, 11) is 3.15. The average Bonchev–Trinajstić information content (AvgIpc) is 2.87. The molecule has 6 heteroatoms. The summed E-state index contributed by atoms with van der Waals surface area (Å²) in [5.74, 6) is 0.795. The monoisotopic (exact) mass is 275 g/mol. The first-order chi connectivity index (χ1) is 9.61. The molecule has 0 aliphatic carbocycles. The van der Waals surface area contributed by atoms with Gasteiger partial charge in [0, 0.05) is 19.7 Å². The Labute approximate surface area is 117 Å². The maximum atomic E-state index is 11.6. The molecule has 1 heterocycles. The lowest BCUT2D eigenvalue weighted by molar-refractivity contribution is -0.134. The van der Waals surface area contributed by atoms with Crippen LogP contribution >= 0.6 is 0 Å². The number of hydrogen-bond acceptors (Lipinski definition) is 5. The van der Waals surface area contributed by atoms with Gasteiger partial charge in [-0.3, -0.25) is 4.79 Å².